The molecule has 0 saturated carbocycles. The van der Waals surface area contributed by atoms with Gasteiger partial charge in [0.2, 0.25) is 0 Å². The van der Waals surface area contributed by atoms with Gasteiger partial charge in [0.15, 0.2) is 11.5 Å². The number of nitrogens with zero attached hydrogens (tertiary/aromatic N) is 2. The number of amides is 1. The van der Waals surface area contributed by atoms with E-state index in [2.05, 4.69) is 5.10 Å². The van der Waals surface area contributed by atoms with E-state index >= 15 is 0 Å². The number of hydrazone groups is 1. The van der Waals surface area contributed by atoms with E-state index in [0.29, 0.717) is 55.7 Å². The maximum atomic E-state index is 13.1. The number of halogens is 3. The second-order valence-electron chi connectivity index (χ2n) is 7.27. The molecule has 4 rings (SSSR count). The van der Waals surface area contributed by atoms with Gasteiger partial charge in [-0.05, 0) is 54.5 Å². The average molecular weight is 502 g/mol. The third-order valence-corrected chi connectivity index (χ3v) is 6.02. The first kappa shape index (κ1) is 23.2. The van der Waals surface area contributed by atoms with Crippen LogP contribution in [0.3, 0.4) is 0 Å². The summed E-state index contributed by atoms with van der Waals surface area (Å²) < 4.78 is 11.4. The molecule has 0 N–H and O–H groups in total. The van der Waals surface area contributed by atoms with E-state index < -0.39 is 0 Å². The standard InChI is InChI=1S/C25H19Cl3N2O3/c1-15-19(25(31)30(29-15)18-8-9-20(26)21(27)13-18)10-17-11-22(28)24(23(12-17)32-2)33-14-16-6-4-3-5-7-16/h3-13H,14H2,1-2H3. The topological polar surface area (TPSA) is 51.1 Å². The summed E-state index contributed by atoms with van der Waals surface area (Å²) in [6.45, 7) is 2.11. The summed E-state index contributed by atoms with van der Waals surface area (Å²) in [5.74, 6) is 0.614. The highest BCUT2D eigenvalue weighted by molar-refractivity contribution is 6.42. The summed E-state index contributed by atoms with van der Waals surface area (Å²) in [4.78, 5) is 13.1. The zero-order valence-corrected chi connectivity index (χ0v) is 20.1. The Balaban J connectivity index is 1.60. The number of ether oxygens (including phenoxy) is 2. The highest BCUT2D eigenvalue weighted by atomic mass is 35.5. The maximum Gasteiger partial charge on any atom is 0.280 e. The van der Waals surface area contributed by atoms with Crippen LogP contribution in [0.5, 0.6) is 11.5 Å². The van der Waals surface area contributed by atoms with Crippen molar-refractivity contribution in [2.75, 3.05) is 12.1 Å². The van der Waals surface area contributed by atoms with Gasteiger partial charge >= 0.3 is 0 Å². The maximum absolute atomic E-state index is 13.1. The Kier molecular flexibility index (Phi) is 6.94. The number of carbonyl (C=O) groups excluding carboxylic acids is 1. The predicted molar refractivity (Wildman–Crippen MR) is 134 cm³/mol. The third-order valence-electron chi connectivity index (χ3n) is 5.00. The van der Waals surface area contributed by atoms with Crippen molar-refractivity contribution in [3.05, 3.63) is 92.4 Å². The highest BCUT2D eigenvalue weighted by Gasteiger charge is 2.29. The minimum atomic E-state index is -0.287. The van der Waals surface area contributed by atoms with Gasteiger partial charge in [0.1, 0.15) is 6.61 Å². The number of hydrogen-bond donors (Lipinski definition) is 0. The molecule has 0 saturated heterocycles. The Morgan fingerprint density at radius 3 is 2.42 bits per heavy atom. The first-order valence-corrected chi connectivity index (χ1v) is 11.1. The fourth-order valence-corrected chi connectivity index (χ4v) is 3.90. The van der Waals surface area contributed by atoms with Crippen molar-refractivity contribution in [1.82, 2.24) is 0 Å². The molecule has 0 unspecified atom stereocenters. The molecule has 33 heavy (non-hydrogen) atoms. The minimum Gasteiger partial charge on any atom is -0.493 e. The molecule has 1 heterocycles. The first-order valence-electron chi connectivity index (χ1n) is 9.98. The molecule has 3 aromatic carbocycles. The van der Waals surface area contributed by atoms with Crippen molar-refractivity contribution in [1.29, 1.82) is 0 Å². The molecular formula is C25H19Cl3N2O3. The summed E-state index contributed by atoms with van der Waals surface area (Å²) in [5.41, 5.74) is 3.20. The van der Waals surface area contributed by atoms with Crippen molar-refractivity contribution in [3.63, 3.8) is 0 Å². The zero-order chi connectivity index (χ0) is 23.5. The predicted octanol–water partition coefficient (Wildman–Crippen LogP) is 7.04. The van der Waals surface area contributed by atoms with E-state index in [1.165, 1.54) is 12.1 Å². The lowest BCUT2D eigenvalue weighted by Crippen LogP contribution is -2.21. The van der Waals surface area contributed by atoms with Crippen LogP contribution in [0.2, 0.25) is 15.1 Å². The van der Waals surface area contributed by atoms with Crippen molar-refractivity contribution < 1.29 is 14.3 Å². The largest absolute Gasteiger partial charge is 0.493 e. The zero-order valence-electron chi connectivity index (χ0n) is 17.8. The van der Waals surface area contributed by atoms with Gasteiger partial charge in [-0.15, -0.1) is 0 Å². The van der Waals surface area contributed by atoms with Crippen LogP contribution in [0.25, 0.3) is 6.08 Å². The van der Waals surface area contributed by atoms with Gasteiger partial charge < -0.3 is 9.47 Å². The van der Waals surface area contributed by atoms with Crippen LogP contribution in [0.15, 0.2) is 71.3 Å². The summed E-state index contributed by atoms with van der Waals surface area (Å²) in [6.07, 6.45) is 1.72. The number of rotatable bonds is 6. The molecule has 8 heteroatoms. The Bertz CT molecular complexity index is 1270. The molecule has 0 radical (unpaired) electrons. The van der Waals surface area contributed by atoms with Gasteiger partial charge in [-0.1, -0.05) is 65.1 Å². The van der Waals surface area contributed by atoms with Crippen LogP contribution in [-0.2, 0) is 11.4 Å². The van der Waals surface area contributed by atoms with Gasteiger partial charge in [-0.25, -0.2) is 0 Å². The van der Waals surface area contributed by atoms with Crippen LogP contribution in [-0.4, -0.2) is 18.7 Å². The average Bonchev–Trinajstić information content (AvgIpc) is 3.09. The van der Waals surface area contributed by atoms with E-state index in [-0.39, 0.29) is 5.91 Å². The fourth-order valence-electron chi connectivity index (χ4n) is 3.34. The number of anilines is 1. The van der Waals surface area contributed by atoms with Gasteiger partial charge in [0, 0.05) is 0 Å². The Morgan fingerprint density at radius 1 is 0.970 bits per heavy atom. The SMILES string of the molecule is COc1cc(C=C2C(=O)N(c3ccc(Cl)c(Cl)c3)N=C2C)cc(Cl)c1OCc1ccccc1. The van der Waals surface area contributed by atoms with Crippen molar-refractivity contribution >= 4 is 58.2 Å². The van der Waals surface area contributed by atoms with Gasteiger partial charge in [0.25, 0.3) is 5.91 Å². The monoisotopic (exact) mass is 500 g/mol. The molecule has 1 aliphatic rings. The number of methoxy groups -OCH3 is 1. The highest BCUT2D eigenvalue weighted by Crippen LogP contribution is 2.38. The quantitative estimate of drug-likeness (QED) is 0.340. The molecule has 1 aliphatic heterocycles. The van der Waals surface area contributed by atoms with E-state index in [1.807, 2.05) is 30.3 Å². The van der Waals surface area contributed by atoms with Crippen LogP contribution in [0, 0.1) is 0 Å². The molecule has 0 spiro atoms. The number of carbonyl (C=O) groups is 1. The molecule has 5 nitrogen and oxygen atoms in total. The lowest BCUT2D eigenvalue weighted by Gasteiger charge is -2.14. The molecule has 0 aromatic heterocycles. The Morgan fingerprint density at radius 2 is 1.73 bits per heavy atom. The molecule has 0 aliphatic carbocycles. The number of hydrogen-bond acceptors (Lipinski definition) is 4. The van der Waals surface area contributed by atoms with Crippen LogP contribution >= 0.6 is 34.8 Å². The molecule has 0 atom stereocenters. The van der Waals surface area contributed by atoms with E-state index in [9.17, 15) is 4.79 Å². The van der Waals surface area contributed by atoms with Crippen molar-refractivity contribution in [2.45, 2.75) is 13.5 Å². The second-order valence-corrected chi connectivity index (χ2v) is 8.49. The molecule has 168 valence electrons. The van der Waals surface area contributed by atoms with Crippen LogP contribution < -0.4 is 14.5 Å². The fraction of sp³-hybridized carbons (Fsp3) is 0.120. The minimum absolute atomic E-state index is 0.287. The van der Waals surface area contributed by atoms with E-state index in [1.54, 1.807) is 43.3 Å². The van der Waals surface area contributed by atoms with Crippen molar-refractivity contribution in [2.24, 2.45) is 5.10 Å². The summed E-state index contributed by atoms with van der Waals surface area (Å²) in [5, 5.41) is 6.79. The van der Waals surface area contributed by atoms with Gasteiger partial charge in [-0.2, -0.15) is 10.1 Å². The molecule has 0 fully saturated rings. The van der Waals surface area contributed by atoms with Crippen LogP contribution in [0.1, 0.15) is 18.1 Å². The van der Waals surface area contributed by atoms with E-state index in [4.69, 9.17) is 44.3 Å². The summed E-state index contributed by atoms with van der Waals surface area (Å²) in [7, 11) is 1.54. The third kappa shape index (κ3) is 5.01. The lowest BCUT2D eigenvalue weighted by atomic mass is 10.1. The number of benzene rings is 3. The molecule has 3 aromatic rings. The van der Waals surface area contributed by atoms with E-state index in [0.717, 1.165) is 5.56 Å². The summed E-state index contributed by atoms with van der Waals surface area (Å²) in [6, 6.07) is 18.1. The molecule has 0 bridgehead atoms. The van der Waals surface area contributed by atoms with Gasteiger partial charge in [0.05, 0.1) is 39.1 Å². The smallest absolute Gasteiger partial charge is 0.280 e. The second kappa shape index (κ2) is 9.87. The molecular weight excluding hydrogens is 483 g/mol. The van der Waals surface area contributed by atoms with Crippen LogP contribution in [0.4, 0.5) is 5.69 Å². The van der Waals surface area contributed by atoms with Crippen molar-refractivity contribution in [3.8, 4) is 11.5 Å². The first-order chi connectivity index (χ1) is 15.9. The summed E-state index contributed by atoms with van der Waals surface area (Å²) >= 11 is 18.6. The molecule has 1 amide bonds. The Hall–Kier alpha value is -2.99. The lowest BCUT2D eigenvalue weighted by molar-refractivity contribution is -0.114. The Labute approximate surface area is 206 Å². The van der Waals surface area contributed by atoms with Gasteiger partial charge in [-0.3, -0.25) is 4.79 Å². The normalized spacial score (nSPS) is 14.6.